The molecule has 5 nitrogen and oxygen atoms in total. The SMILES string of the molecule is CCOC(OCC)[C@@H]1[C@H](O)[C@H](COCc2ccccc2)[C@H]1COCc1ccccc1. The fraction of sp³-hybridized carbons (Fsp3) is 0.520. The molecular weight excluding hydrogens is 380 g/mol. The Bertz CT molecular complexity index is 702. The van der Waals surface area contributed by atoms with Crippen LogP contribution in [0.4, 0.5) is 0 Å². The van der Waals surface area contributed by atoms with Gasteiger partial charge in [0.1, 0.15) is 0 Å². The summed E-state index contributed by atoms with van der Waals surface area (Å²) in [6.07, 6.45) is -0.958. The zero-order chi connectivity index (χ0) is 21.2. The minimum Gasteiger partial charge on any atom is -0.392 e. The second kappa shape index (κ2) is 12.2. The van der Waals surface area contributed by atoms with Gasteiger partial charge in [0.05, 0.1) is 32.5 Å². The Labute approximate surface area is 179 Å². The zero-order valence-corrected chi connectivity index (χ0v) is 18.0. The van der Waals surface area contributed by atoms with E-state index in [9.17, 15) is 5.11 Å². The van der Waals surface area contributed by atoms with E-state index in [2.05, 4.69) is 12.1 Å². The molecule has 0 unspecified atom stereocenters. The molecule has 0 aromatic heterocycles. The molecule has 0 amide bonds. The van der Waals surface area contributed by atoms with Crippen molar-refractivity contribution in [1.82, 2.24) is 0 Å². The highest BCUT2D eigenvalue weighted by Gasteiger charge is 2.54. The summed E-state index contributed by atoms with van der Waals surface area (Å²) >= 11 is 0. The highest BCUT2D eigenvalue weighted by atomic mass is 16.7. The fourth-order valence-electron chi connectivity index (χ4n) is 4.12. The van der Waals surface area contributed by atoms with Crippen LogP contribution in [0.2, 0.25) is 0 Å². The van der Waals surface area contributed by atoms with E-state index in [1.54, 1.807) is 0 Å². The second-order valence-corrected chi connectivity index (χ2v) is 7.68. The van der Waals surface area contributed by atoms with Crippen molar-refractivity contribution in [2.75, 3.05) is 26.4 Å². The summed E-state index contributed by atoms with van der Waals surface area (Å²) in [6.45, 7) is 7.07. The highest BCUT2D eigenvalue weighted by Crippen LogP contribution is 2.44. The van der Waals surface area contributed by atoms with Gasteiger partial charge in [0, 0.05) is 25.0 Å². The molecule has 164 valence electrons. The number of hydrogen-bond donors (Lipinski definition) is 1. The van der Waals surface area contributed by atoms with Crippen molar-refractivity contribution in [3.63, 3.8) is 0 Å². The van der Waals surface area contributed by atoms with Crippen molar-refractivity contribution in [1.29, 1.82) is 0 Å². The first kappa shape index (κ1) is 22.9. The molecule has 3 rings (SSSR count). The lowest BCUT2D eigenvalue weighted by molar-refractivity contribution is -0.264. The van der Waals surface area contributed by atoms with Crippen molar-refractivity contribution < 1.29 is 24.1 Å². The Morgan fingerprint density at radius 1 is 0.733 bits per heavy atom. The van der Waals surface area contributed by atoms with Gasteiger partial charge in [0.25, 0.3) is 0 Å². The third-order valence-corrected chi connectivity index (χ3v) is 5.70. The molecule has 30 heavy (non-hydrogen) atoms. The number of ether oxygens (including phenoxy) is 4. The molecule has 1 aliphatic rings. The summed E-state index contributed by atoms with van der Waals surface area (Å²) in [5, 5.41) is 10.9. The molecule has 0 aliphatic heterocycles. The van der Waals surface area contributed by atoms with Gasteiger partial charge in [0.15, 0.2) is 6.29 Å². The van der Waals surface area contributed by atoms with Gasteiger partial charge in [-0.25, -0.2) is 0 Å². The van der Waals surface area contributed by atoms with Gasteiger partial charge in [-0.15, -0.1) is 0 Å². The van der Waals surface area contributed by atoms with E-state index >= 15 is 0 Å². The summed E-state index contributed by atoms with van der Waals surface area (Å²) in [5.74, 6) is -0.00789. The van der Waals surface area contributed by atoms with Crippen LogP contribution < -0.4 is 0 Å². The molecule has 4 atom stereocenters. The molecule has 1 N–H and O–H groups in total. The molecule has 0 heterocycles. The van der Waals surface area contributed by atoms with Gasteiger partial charge in [-0.1, -0.05) is 60.7 Å². The van der Waals surface area contributed by atoms with Crippen LogP contribution in [0.3, 0.4) is 0 Å². The Hall–Kier alpha value is -1.76. The normalized spacial score (nSPS) is 23.5. The maximum absolute atomic E-state index is 10.9. The van der Waals surface area contributed by atoms with E-state index < -0.39 is 12.4 Å². The van der Waals surface area contributed by atoms with Crippen LogP contribution in [0.1, 0.15) is 25.0 Å². The Kier molecular flexibility index (Phi) is 9.30. The van der Waals surface area contributed by atoms with E-state index in [0.29, 0.717) is 39.6 Å². The lowest BCUT2D eigenvalue weighted by Crippen LogP contribution is -2.60. The van der Waals surface area contributed by atoms with Crippen molar-refractivity contribution in [2.24, 2.45) is 17.8 Å². The third-order valence-electron chi connectivity index (χ3n) is 5.70. The van der Waals surface area contributed by atoms with Gasteiger partial charge in [-0.2, -0.15) is 0 Å². The van der Waals surface area contributed by atoms with Crippen LogP contribution in [0.25, 0.3) is 0 Å². The Morgan fingerprint density at radius 3 is 1.67 bits per heavy atom. The molecule has 2 aromatic carbocycles. The minimum absolute atomic E-state index is 0.00195. The van der Waals surface area contributed by atoms with E-state index in [0.717, 1.165) is 11.1 Å². The van der Waals surface area contributed by atoms with Gasteiger partial charge in [-0.05, 0) is 30.9 Å². The average molecular weight is 415 g/mol. The predicted molar refractivity (Wildman–Crippen MR) is 116 cm³/mol. The molecular formula is C25H34O5. The first-order valence-corrected chi connectivity index (χ1v) is 10.9. The molecule has 1 fully saturated rings. The summed E-state index contributed by atoms with van der Waals surface area (Å²) in [7, 11) is 0. The number of aliphatic hydroxyl groups is 1. The zero-order valence-electron chi connectivity index (χ0n) is 18.0. The maximum atomic E-state index is 10.9. The molecule has 0 radical (unpaired) electrons. The lowest BCUT2D eigenvalue weighted by atomic mass is 9.62. The summed E-state index contributed by atoms with van der Waals surface area (Å²) in [4.78, 5) is 0. The lowest BCUT2D eigenvalue weighted by Gasteiger charge is -2.51. The first-order chi connectivity index (χ1) is 14.7. The quantitative estimate of drug-likeness (QED) is 0.501. The largest absolute Gasteiger partial charge is 0.392 e. The number of aliphatic hydroxyl groups excluding tert-OH is 1. The molecule has 0 saturated heterocycles. The van der Waals surface area contributed by atoms with E-state index in [1.807, 2.05) is 62.4 Å². The van der Waals surface area contributed by atoms with E-state index in [-0.39, 0.29) is 17.8 Å². The van der Waals surface area contributed by atoms with E-state index in [4.69, 9.17) is 18.9 Å². The molecule has 0 spiro atoms. The van der Waals surface area contributed by atoms with Crippen molar-refractivity contribution in [3.05, 3.63) is 71.8 Å². The number of rotatable bonds is 13. The Morgan fingerprint density at radius 2 is 1.20 bits per heavy atom. The minimum atomic E-state index is -0.533. The topological polar surface area (TPSA) is 57.2 Å². The fourth-order valence-corrected chi connectivity index (χ4v) is 4.12. The van der Waals surface area contributed by atoms with Crippen LogP contribution in [-0.2, 0) is 32.2 Å². The van der Waals surface area contributed by atoms with Crippen molar-refractivity contribution in [2.45, 2.75) is 39.5 Å². The predicted octanol–water partition coefficient (Wildman–Crippen LogP) is 4.04. The average Bonchev–Trinajstić information content (AvgIpc) is 2.78. The van der Waals surface area contributed by atoms with Crippen LogP contribution >= 0.6 is 0 Å². The summed E-state index contributed by atoms with van der Waals surface area (Å²) < 4.78 is 23.6. The van der Waals surface area contributed by atoms with Crippen molar-refractivity contribution in [3.8, 4) is 0 Å². The summed E-state index contributed by atoms with van der Waals surface area (Å²) in [6, 6.07) is 20.2. The number of benzene rings is 2. The summed E-state index contributed by atoms with van der Waals surface area (Å²) in [5.41, 5.74) is 2.26. The van der Waals surface area contributed by atoms with E-state index in [1.165, 1.54) is 0 Å². The first-order valence-electron chi connectivity index (χ1n) is 10.9. The van der Waals surface area contributed by atoms with Gasteiger partial charge < -0.3 is 24.1 Å². The van der Waals surface area contributed by atoms with Crippen LogP contribution in [0, 0.1) is 17.8 Å². The number of hydrogen-bond acceptors (Lipinski definition) is 5. The standard InChI is InChI=1S/C25H34O5/c1-3-29-25(30-4-2)23-21(17-27-15-19-11-7-5-8-12-19)22(24(23)26)18-28-16-20-13-9-6-10-14-20/h5-14,21-26H,3-4,15-18H2,1-2H3/t21-,22-,23+,24-/m1/s1. The highest BCUT2D eigenvalue weighted by molar-refractivity contribution is 5.14. The van der Waals surface area contributed by atoms with Crippen LogP contribution in [0.15, 0.2) is 60.7 Å². The molecule has 5 heteroatoms. The van der Waals surface area contributed by atoms with Gasteiger partial charge in [0.2, 0.25) is 0 Å². The molecule has 1 saturated carbocycles. The molecule has 1 aliphatic carbocycles. The van der Waals surface area contributed by atoms with Crippen molar-refractivity contribution >= 4 is 0 Å². The third kappa shape index (κ3) is 6.13. The molecule has 0 bridgehead atoms. The maximum Gasteiger partial charge on any atom is 0.163 e. The monoisotopic (exact) mass is 414 g/mol. The smallest absolute Gasteiger partial charge is 0.163 e. The molecule has 2 aromatic rings. The van der Waals surface area contributed by atoms with Crippen LogP contribution in [0.5, 0.6) is 0 Å². The van der Waals surface area contributed by atoms with Crippen LogP contribution in [-0.4, -0.2) is 43.9 Å². The Balaban J connectivity index is 1.58. The second-order valence-electron chi connectivity index (χ2n) is 7.68. The van der Waals surface area contributed by atoms with Gasteiger partial charge in [-0.3, -0.25) is 0 Å². The van der Waals surface area contributed by atoms with Gasteiger partial charge >= 0.3 is 0 Å².